The number of halogens is 2. The summed E-state index contributed by atoms with van der Waals surface area (Å²) < 4.78 is 29.8. The largest absolute Gasteiger partial charge is 0.353 e. The summed E-state index contributed by atoms with van der Waals surface area (Å²) in [6, 6.07) is 13.5. The van der Waals surface area contributed by atoms with Gasteiger partial charge in [-0.15, -0.1) is 0 Å². The number of benzene rings is 2. The van der Waals surface area contributed by atoms with E-state index in [-0.39, 0.29) is 24.3 Å². The smallest absolute Gasteiger partial charge is 0.225 e. The minimum Gasteiger partial charge on any atom is -0.353 e. The van der Waals surface area contributed by atoms with E-state index in [1.165, 1.54) is 17.7 Å². The lowest BCUT2D eigenvalue weighted by molar-refractivity contribution is -0.129. The molecule has 0 saturated carbocycles. The molecular weight excluding hydrogens is 506 g/mol. The molecule has 1 saturated heterocycles. The predicted octanol–water partition coefficient (Wildman–Crippen LogP) is 4.40. The minimum atomic E-state index is -0.632. The number of hydrogen-bond donors (Lipinski definition) is 2. The topological polar surface area (TPSA) is 64.7 Å². The molecule has 0 radical (unpaired) electrons. The third-order valence-electron chi connectivity index (χ3n) is 6.69. The number of carbonyl (C=O) groups excluding carboxylic acids is 2. The van der Waals surface area contributed by atoms with Crippen LogP contribution in [0.25, 0.3) is 0 Å². The fraction of sp³-hybridized carbons (Fsp3) is 0.517. The molecule has 1 fully saturated rings. The molecule has 0 aromatic heterocycles. The van der Waals surface area contributed by atoms with E-state index in [1.807, 2.05) is 18.2 Å². The maximum atomic E-state index is 13.8. The van der Waals surface area contributed by atoms with Crippen molar-refractivity contribution in [1.82, 2.24) is 19.8 Å². The molecule has 1 unspecified atom stereocenters. The molecule has 1 aliphatic rings. The Morgan fingerprint density at radius 3 is 2.58 bits per heavy atom. The number of likely N-dealkylation sites (N-methyl/N-ethyl adjacent to an activating group) is 1. The van der Waals surface area contributed by atoms with Gasteiger partial charge in [-0.2, -0.15) is 0 Å². The van der Waals surface area contributed by atoms with Gasteiger partial charge in [0.25, 0.3) is 0 Å². The number of carbonyl (C=O) groups is 2. The van der Waals surface area contributed by atoms with E-state index in [1.54, 1.807) is 16.8 Å². The van der Waals surface area contributed by atoms with E-state index in [0.29, 0.717) is 38.0 Å². The summed E-state index contributed by atoms with van der Waals surface area (Å²) in [4.78, 5) is 27.1. The van der Waals surface area contributed by atoms with Crippen molar-refractivity contribution in [2.24, 2.45) is 5.92 Å². The molecule has 2 atom stereocenters. The zero-order valence-corrected chi connectivity index (χ0v) is 23.2. The van der Waals surface area contributed by atoms with Gasteiger partial charge in [0.1, 0.15) is 11.6 Å². The summed E-state index contributed by atoms with van der Waals surface area (Å²) in [5.74, 6) is -0.905. The number of rotatable bonds is 16. The van der Waals surface area contributed by atoms with Crippen molar-refractivity contribution in [2.45, 2.75) is 50.8 Å². The van der Waals surface area contributed by atoms with Crippen LogP contribution in [0.3, 0.4) is 0 Å². The van der Waals surface area contributed by atoms with Crippen LogP contribution in [0.4, 0.5) is 8.78 Å². The molecule has 38 heavy (non-hydrogen) atoms. The first-order valence-electron chi connectivity index (χ1n) is 13.5. The zero-order valence-electron chi connectivity index (χ0n) is 22.4. The Morgan fingerprint density at radius 1 is 1.13 bits per heavy atom. The van der Waals surface area contributed by atoms with E-state index in [0.717, 1.165) is 37.8 Å². The van der Waals surface area contributed by atoms with Crippen LogP contribution >= 0.6 is 11.9 Å². The molecule has 2 aromatic rings. The Balaban J connectivity index is 1.48. The summed E-state index contributed by atoms with van der Waals surface area (Å²) in [5, 5.41) is 6.48. The fourth-order valence-corrected chi connectivity index (χ4v) is 5.31. The highest BCUT2D eigenvalue weighted by Crippen LogP contribution is 2.20. The standard InChI is InChI=1S/C29H40F2N4O2S/c1-3-4-13-35-20-24(18-28(35)36)29(37)33-27(17-23-15-25(30)19-26(31)16-23)10-11-32-12-14-34(2)38-21-22-8-6-5-7-9-22/h5-9,15-16,19,24,27,32H,3-4,10-14,17-18,20-21H2,1-2H3,(H,33,37)/t24?,27-/m1/s1. The fourth-order valence-electron chi connectivity index (χ4n) is 4.53. The second kappa shape index (κ2) is 15.8. The van der Waals surface area contributed by atoms with Gasteiger partial charge in [-0.3, -0.25) is 13.9 Å². The van der Waals surface area contributed by atoms with Crippen LogP contribution in [0, 0.1) is 17.6 Å². The number of likely N-dealkylation sites (tertiary alicyclic amines) is 1. The van der Waals surface area contributed by atoms with Crippen LogP contribution in [0.15, 0.2) is 48.5 Å². The number of nitrogens with zero attached hydrogens (tertiary/aromatic N) is 2. The molecule has 0 bridgehead atoms. The second-order valence-corrected chi connectivity index (χ2v) is 11.1. The highest BCUT2D eigenvalue weighted by Gasteiger charge is 2.34. The SMILES string of the molecule is CCCCN1CC(C(=O)N[C@H](CCNCCN(C)SCc2ccccc2)Cc2cc(F)cc(F)c2)CC1=O. The molecule has 208 valence electrons. The Labute approximate surface area is 229 Å². The quantitative estimate of drug-likeness (QED) is 0.241. The van der Waals surface area contributed by atoms with Gasteiger partial charge >= 0.3 is 0 Å². The summed E-state index contributed by atoms with van der Waals surface area (Å²) in [6.07, 6.45) is 3.03. The lowest BCUT2D eigenvalue weighted by atomic mass is 10.0. The van der Waals surface area contributed by atoms with Crippen molar-refractivity contribution in [3.63, 3.8) is 0 Å². The summed E-state index contributed by atoms with van der Waals surface area (Å²) >= 11 is 1.76. The van der Waals surface area contributed by atoms with Crippen molar-refractivity contribution < 1.29 is 18.4 Å². The molecular formula is C29H40F2N4O2S. The van der Waals surface area contributed by atoms with E-state index in [9.17, 15) is 18.4 Å². The first-order chi connectivity index (χ1) is 18.3. The van der Waals surface area contributed by atoms with E-state index >= 15 is 0 Å². The lowest BCUT2D eigenvalue weighted by Gasteiger charge is -2.22. The minimum absolute atomic E-state index is 0.0123. The predicted molar refractivity (Wildman–Crippen MR) is 149 cm³/mol. The summed E-state index contributed by atoms with van der Waals surface area (Å²) in [5.41, 5.74) is 1.78. The number of amides is 2. The van der Waals surface area contributed by atoms with E-state index < -0.39 is 17.6 Å². The second-order valence-electron chi connectivity index (χ2n) is 9.93. The molecule has 2 aromatic carbocycles. The maximum Gasteiger partial charge on any atom is 0.225 e. The molecule has 3 rings (SSSR count). The molecule has 2 amide bonds. The molecule has 2 N–H and O–H groups in total. The Kier molecular flexibility index (Phi) is 12.5. The van der Waals surface area contributed by atoms with Crippen molar-refractivity contribution in [3.05, 3.63) is 71.3 Å². The first kappa shape index (κ1) is 30.1. The van der Waals surface area contributed by atoms with Crippen LogP contribution in [0.2, 0.25) is 0 Å². The van der Waals surface area contributed by atoms with Gasteiger partial charge in [-0.25, -0.2) is 8.78 Å². The molecule has 0 aliphatic carbocycles. The van der Waals surface area contributed by atoms with Gasteiger partial charge in [-0.1, -0.05) is 55.6 Å². The van der Waals surface area contributed by atoms with Gasteiger partial charge < -0.3 is 15.5 Å². The first-order valence-corrected chi connectivity index (χ1v) is 14.4. The Hall–Kier alpha value is -2.49. The average Bonchev–Trinajstić information content (AvgIpc) is 3.26. The highest BCUT2D eigenvalue weighted by molar-refractivity contribution is 7.96. The Morgan fingerprint density at radius 2 is 1.87 bits per heavy atom. The average molecular weight is 547 g/mol. The van der Waals surface area contributed by atoms with Crippen LogP contribution < -0.4 is 10.6 Å². The molecule has 1 aliphatic heterocycles. The number of nitrogens with one attached hydrogen (secondary N) is 2. The maximum absolute atomic E-state index is 13.8. The van der Waals surface area contributed by atoms with Crippen molar-refractivity contribution in [3.8, 4) is 0 Å². The van der Waals surface area contributed by atoms with Gasteiger partial charge in [0.15, 0.2) is 0 Å². The third kappa shape index (κ3) is 10.3. The molecule has 6 nitrogen and oxygen atoms in total. The lowest BCUT2D eigenvalue weighted by Crippen LogP contribution is -2.42. The van der Waals surface area contributed by atoms with Crippen molar-refractivity contribution in [2.75, 3.05) is 39.8 Å². The van der Waals surface area contributed by atoms with E-state index in [2.05, 4.69) is 41.0 Å². The van der Waals surface area contributed by atoms with Crippen molar-refractivity contribution >= 4 is 23.8 Å². The monoisotopic (exact) mass is 546 g/mol. The summed E-state index contributed by atoms with van der Waals surface area (Å²) in [7, 11) is 2.06. The van der Waals surface area contributed by atoms with Gasteiger partial charge in [0.2, 0.25) is 11.8 Å². The number of unbranched alkanes of at least 4 members (excludes halogenated alkanes) is 1. The third-order valence-corrected chi connectivity index (χ3v) is 7.77. The zero-order chi connectivity index (χ0) is 27.3. The normalized spacial score (nSPS) is 16.3. The highest BCUT2D eigenvalue weighted by atomic mass is 32.2. The van der Waals surface area contributed by atoms with Crippen molar-refractivity contribution in [1.29, 1.82) is 0 Å². The van der Waals surface area contributed by atoms with Gasteiger partial charge in [0.05, 0.1) is 5.92 Å². The van der Waals surface area contributed by atoms with Crippen LogP contribution in [0.5, 0.6) is 0 Å². The summed E-state index contributed by atoms with van der Waals surface area (Å²) in [6.45, 7) is 5.44. The molecule has 1 heterocycles. The van der Waals surface area contributed by atoms with E-state index in [4.69, 9.17) is 0 Å². The van der Waals surface area contributed by atoms with Crippen LogP contribution in [-0.4, -0.2) is 66.8 Å². The number of hydrogen-bond acceptors (Lipinski definition) is 5. The van der Waals surface area contributed by atoms with Crippen LogP contribution in [0.1, 0.15) is 43.7 Å². The van der Waals surface area contributed by atoms with Gasteiger partial charge in [-0.05, 0) is 56.1 Å². The molecule has 0 spiro atoms. The van der Waals surface area contributed by atoms with Crippen LogP contribution in [-0.2, 0) is 21.8 Å². The Bertz CT molecular complexity index is 1010. The molecule has 9 heteroatoms. The van der Waals surface area contributed by atoms with Gasteiger partial charge in [0, 0.05) is 50.5 Å².